The third kappa shape index (κ3) is 5.90. The number of aliphatic hydroxyl groups is 1. The number of piperidine rings is 1. The number of aromatic nitrogens is 2. The van der Waals surface area contributed by atoms with E-state index < -0.39 is 5.60 Å². The number of hydrogen-bond acceptors (Lipinski definition) is 6. The Morgan fingerprint density at radius 2 is 2.00 bits per heavy atom. The van der Waals surface area contributed by atoms with E-state index in [9.17, 15) is 9.90 Å². The number of carbonyl (C=O) groups is 1. The average molecular weight is 399 g/mol. The first-order chi connectivity index (χ1) is 14.0. The summed E-state index contributed by atoms with van der Waals surface area (Å²) in [5.74, 6) is 1.09. The Morgan fingerprint density at radius 3 is 2.69 bits per heavy atom. The van der Waals surface area contributed by atoms with E-state index in [4.69, 9.17) is 4.74 Å². The van der Waals surface area contributed by atoms with Crippen molar-refractivity contribution in [3.05, 3.63) is 48.3 Å². The maximum Gasteiger partial charge on any atom is 0.254 e. The SMILES string of the molecule is CCOc1cc(NC2CCN(C(=O)C(C)(O)CCc3ccccc3)CC2)ncn1. The summed E-state index contributed by atoms with van der Waals surface area (Å²) in [6.45, 7) is 5.32. The van der Waals surface area contributed by atoms with Crippen LogP contribution in [0.3, 0.4) is 0 Å². The molecule has 7 heteroatoms. The van der Waals surface area contributed by atoms with Crippen molar-refractivity contribution in [3.8, 4) is 5.88 Å². The minimum Gasteiger partial charge on any atom is -0.478 e. The van der Waals surface area contributed by atoms with Crippen LogP contribution in [0, 0.1) is 0 Å². The number of rotatable bonds is 8. The van der Waals surface area contributed by atoms with Crippen molar-refractivity contribution >= 4 is 11.7 Å². The van der Waals surface area contributed by atoms with Crippen molar-refractivity contribution in [2.24, 2.45) is 0 Å². The number of anilines is 1. The quantitative estimate of drug-likeness (QED) is 0.711. The first-order valence-electron chi connectivity index (χ1n) is 10.2. The van der Waals surface area contributed by atoms with Gasteiger partial charge in [0.15, 0.2) is 0 Å². The Morgan fingerprint density at radius 1 is 1.28 bits per heavy atom. The lowest BCUT2D eigenvalue weighted by molar-refractivity contribution is -0.151. The fourth-order valence-electron chi connectivity index (χ4n) is 3.56. The highest BCUT2D eigenvalue weighted by atomic mass is 16.5. The maximum atomic E-state index is 12.8. The van der Waals surface area contributed by atoms with Crippen molar-refractivity contribution in [1.82, 2.24) is 14.9 Å². The number of nitrogens with one attached hydrogen (secondary N) is 1. The second-order valence-corrected chi connectivity index (χ2v) is 7.64. The monoisotopic (exact) mass is 398 g/mol. The molecule has 0 saturated carbocycles. The van der Waals surface area contributed by atoms with E-state index in [0.29, 0.717) is 38.4 Å². The molecular weight excluding hydrogens is 368 g/mol. The topological polar surface area (TPSA) is 87.6 Å². The number of benzene rings is 1. The molecule has 2 heterocycles. The fourth-order valence-corrected chi connectivity index (χ4v) is 3.56. The van der Waals surface area contributed by atoms with Gasteiger partial charge >= 0.3 is 0 Å². The number of nitrogens with zero attached hydrogens (tertiary/aromatic N) is 3. The molecule has 0 aliphatic carbocycles. The van der Waals surface area contributed by atoms with Gasteiger partial charge in [0.1, 0.15) is 17.7 Å². The number of aryl methyl sites for hydroxylation is 1. The Hall–Kier alpha value is -2.67. The number of likely N-dealkylation sites (tertiary alicyclic amines) is 1. The van der Waals surface area contributed by atoms with E-state index in [0.717, 1.165) is 24.2 Å². The molecular formula is C22H30N4O3. The smallest absolute Gasteiger partial charge is 0.254 e. The second-order valence-electron chi connectivity index (χ2n) is 7.64. The van der Waals surface area contributed by atoms with Crippen molar-refractivity contribution in [1.29, 1.82) is 0 Å². The fraction of sp³-hybridized carbons (Fsp3) is 0.500. The Kier molecular flexibility index (Phi) is 7.04. The molecule has 29 heavy (non-hydrogen) atoms. The molecule has 1 aromatic carbocycles. The molecule has 3 rings (SSSR count). The van der Waals surface area contributed by atoms with E-state index in [1.54, 1.807) is 17.9 Å². The van der Waals surface area contributed by atoms with Gasteiger partial charge in [0.25, 0.3) is 5.91 Å². The zero-order chi connectivity index (χ0) is 20.7. The van der Waals surface area contributed by atoms with Gasteiger partial charge in [-0.1, -0.05) is 30.3 Å². The predicted octanol–water partition coefficient (Wildman–Crippen LogP) is 2.66. The Balaban J connectivity index is 1.49. The van der Waals surface area contributed by atoms with Crippen LogP contribution in [0.1, 0.15) is 38.7 Å². The molecule has 1 fully saturated rings. The summed E-state index contributed by atoms with van der Waals surface area (Å²) in [6.07, 6.45) is 4.17. The molecule has 1 atom stereocenters. The second kappa shape index (κ2) is 9.69. The van der Waals surface area contributed by atoms with E-state index in [1.807, 2.05) is 37.3 Å². The number of carbonyl (C=O) groups excluding carboxylic acids is 1. The van der Waals surface area contributed by atoms with Crippen LogP contribution in [-0.2, 0) is 11.2 Å². The Labute approximate surface area is 172 Å². The summed E-state index contributed by atoms with van der Waals surface area (Å²) in [7, 11) is 0. The zero-order valence-electron chi connectivity index (χ0n) is 17.2. The van der Waals surface area contributed by atoms with E-state index >= 15 is 0 Å². The van der Waals surface area contributed by atoms with Crippen molar-refractivity contribution in [2.45, 2.75) is 51.2 Å². The standard InChI is InChI=1S/C22H30N4O3/c1-3-29-20-15-19(23-16-24-20)25-18-10-13-26(14-11-18)21(27)22(2,28)12-9-17-7-5-4-6-8-17/h4-8,15-16,18,28H,3,9-14H2,1-2H3,(H,23,24,25). The van der Waals surface area contributed by atoms with Gasteiger partial charge in [-0.15, -0.1) is 0 Å². The van der Waals surface area contributed by atoms with Gasteiger partial charge < -0.3 is 20.1 Å². The zero-order valence-corrected chi connectivity index (χ0v) is 17.2. The minimum atomic E-state index is -1.35. The molecule has 1 aromatic heterocycles. The van der Waals surface area contributed by atoms with Gasteiger partial charge in [0, 0.05) is 25.2 Å². The lowest BCUT2D eigenvalue weighted by Crippen LogP contribution is -2.51. The first kappa shape index (κ1) is 21.0. The minimum absolute atomic E-state index is 0.187. The van der Waals surface area contributed by atoms with Crippen LogP contribution >= 0.6 is 0 Å². The summed E-state index contributed by atoms with van der Waals surface area (Å²) >= 11 is 0. The van der Waals surface area contributed by atoms with E-state index in [-0.39, 0.29) is 11.9 Å². The highest BCUT2D eigenvalue weighted by Gasteiger charge is 2.35. The van der Waals surface area contributed by atoms with Gasteiger partial charge in [0.05, 0.1) is 6.61 Å². The molecule has 7 nitrogen and oxygen atoms in total. The third-order valence-electron chi connectivity index (χ3n) is 5.27. The Bertz CT molecular complexity index is 790. The van der Waals surface area contributed by atoms with Gasteiger partial charge in [-0.2, -0.15) is 0 Å². The molecule has 2 aromatic rings. The molecule has 1 aliphatic heterocycles. The third-order valence-corrected chi connectivity index (χ3v) is 5.27. The van der Waals surface area contributed by atoms with Gasteiger partial charge in [-0.25, -0.2) is 9.97 Å². The van der Waals surface area contributed by atoms with Gasteiger partial charge in [-0.05, 0) is 45.1 Å². The van der Waals surface area contributed by atoms with Gasteiger partial charge in [0.2, 0.25) is 5.88 Å². The number of ether oxygens (including phenoxy) is 1. The van der Waals surface area contributed by atoms with E-state index in [1.165, 1.54) is 6.33 Å². The highest BCUT2D eigenvalue weighted by Crippen LogP contribution is 2.22. The molecule has 0 spiro atoms. The molecule has 2 N–H and O–H groups in total. The van der Waals surface area contributed by atoms with Crippen LogP contribution in [-0.4, -0.2) is 57.2 Å². The van der Waals surface area contributed by atoms with Crippen molar-refractivity contribution < 1.29 is 14.6 Å². The molecule has 1 aliphatic rings. The predicted molar refractivity (Wildman–Crippen MR) is 112 cm³/mol. The summed E-state index contributed by atoms with van der Waals surface area (Å²) in [4.78, 5) is 22.9. The van der Waals surface area contributed by atoms with Crippen molar-refractivity contribution in [2.75, 3.05) is 25.0 Å². The van der Waals surface area contributed by atoms with Crippen LogP contribution in [0.5, 0.6) is 5.88 Å². The summed E-state index contributed by atoms with van der Waals surface area (Å²) in [5, 5.41) is 14.1. The molecule has 1 unspecified atom stereocenters. The largest absolute Gasteiger partial charge is 0.478 e. The normalized spacial score (nSPS) is 16.9. The number of amides is 1. The van der Waals surface area contributed by atoms with Crippen LogP contribution in [0.4, 0.5) is 5.82 Å². The van der Waals surface area contributed by atoms with Gasteiger partial charge in [-0.3, -0.25) is 4.79 Å². The van der Waals surface area contributed by atoms with Crippen LogP contribution in [0.25, 0.3) is 0 Å². The lowest BCUT2D eigenvalue weighted by atomic mass is 9.94. The van der Waals surface area contributed by atoms with Crippen molar-refractivity contribution in [3.63, 3.8) is 0 Å². The lowest BCUT2D eigenvalue weighted by Gasteiger charge is -2.36. The number of hydrogen-bond donors (Lipinski definition) is 2. The molecule has 156 valence electrons. The highest BCUT2D eigenvalue weighted by molar-refractivity contribution is 5.84. The summed E-state index contributed by atoms with van der Waals surface area (Å²) < 4.78 is 5.40. The summed E-state index contributed by atoms with van der Waals surface area (Å²) in [5.41, 5.74) is -0.227. The molecule has 1 amide bonds. The maximum absolute atomic E-state index is 12.8. The molecule has 0 radical (unpaired) electrons. The van der Waals surface area contributed by atoms with E-state index in [2.05, 4.69) is 15.3 Å². The first-order valence-corrected chi connectivity index (χ1v) is 10.2. The average Bonchev–Trinajstić information content (AvgIpc) is 2.74. The van der Waals surface area contributed by atoms with Crippen LogP contribution in [0.15, 0.2) is 42.7 Å². The van der Waals surface area contributed by atoms with Crippen LogP contribution < -0.4 is 10.1 Å². The van der Waals surface area contributed by atoms with Crippen LogP contribution in [0.2, 0.25) is 0 Å². The summed E-state index contributed by atoms with van der Waals surface area (Å²) in [6, 6.07) is 11.9. The molecule has 0 bridgehead atoms. The molecule has 1 saturated heterocycles.